The summed E-state index contributed by atoms with van der Waals surface area (Å²) in [6.45, 7) is 0. The zero-order valence-corrected chi connectivity index (χ0v) is 25.3. The van der Waals surface area contributed by atoms with Gasteiger partial charge in [-0.2, -0.15) is 0 Å². The van der Waals surface area contributed by atoms with Crippen LogP contribution in [0.1, 0.15) is 0 Å². The lowest BCUT2D eigenvalue weighted by Gasteiger charge is -2.20. The van der Waals surface area contributed by atoms with Gasteiger partial charge in [-0.3, -0.25) is 4.57 Å². The molecule has 0 radical (unpaired) electrons. The third-order valence-corrected chi connectivity index (χ3v) is 8.86. The van der Waals surface area contributed by atoms with E-state index in [0.717, 1.165) is 83.4 Å². The molecule has 0 amide bonds. The van der Waals surface area contributed by atoms with Crippen molar-refractivity contribution < 1.29 is 8.81 Å². The highest BCUT2D eigenvalue weighted by Gasteiger charge is 2.23. The Hall–Kier alpha value is -6.26. The summed E-state index contributed by atoms with van der Waals surface area (Å²) in [6, 6.07) is 54.4. The summed E-state index contributed by atoms with van der Waals surface area (Å²) >= 11 is 0. The quantitative estimate of drug-likeness (QED) is 0.195. The van der Waals surface area contributed by atoms with E-state index in [1.807, 2.05) is 97.1 Å². The highest BCUT2D eigenvalue weighted by atomic mass is 19.1. The fourth-order valence-electron chi connectivity index (χ4n) is 6.69. The molecule has 7 aromatic carbocycles. The second-order valence-electron chi connectivity index (χ2n) is 11.7. The second-order valence-corrected chi connectivity index (χ2v) is 11.7. The van der Waals surface area contributed by atoms with Crippen molar-refractivity contribution in [2.24, 2.45) is 0 Å². The van der Waals surface area contributed by atoms with Crippen LogP contribution in [0.25, 0.3) is 83.4 Å². The SMILES string of the molecule is Fc1cc(-c2ccccc2)c(-n2c(-c3ccc4oc5ccc(-c6ccccc6)cc5c4c3)nc3ccccc32)c(-c2ccccc2)c1. The van der Waals surface area contributed by atoms with Crippen molar-refractivity contribution in [1.29, 1.82) is 0 Å². The first-order valence-corrected chi connectivity index (χ1v) is 15.7. The van der Waals surface area contributed by atoms with Gasteiger partial charge in [0.2, 0.25) is 0 Å². The van der Waals surface area contributed by atoms with Crippen LogP contribution in [0.4, 0.5) is 4.39 Å². The molecule has 3 nitrogen and oxygen atoms in total. The molecule has 47 heavy (non-hydrogen) atoms. The van der Waals surface area contributed by atoms with E-state index in [1.165, 1.54) is 0 Å². The Morgan fingerprint density at radius 3 is 1.60 bits per heavy atom. The van der Waals surface area contributed by atoms with E-state index in [0.29, 0.717) is 0 Å². The monoisotopic (exact) mass is 606 g/mol. The largest absolute Gasteiger partial charge is 0.456 e. The van der Waals surface area contributed by atoms with Gasteiger partial charge in [-0.05, 0) is 76.9 Å². The molecule has 0 spiro atoms. The summed E-state index contributed by atoms with van der Waals surface area (Å²) in [7, 11) is 0. The first kappa shape index (κ1) is 27.1. The lowest BCUT2D eigenvalue weighted by molar-refractivity contribution is 0.628. The Kier molecular flexibility index (Phi) is 6.32. The third kappa shape index (κ3) is 4.62. The zero-order chi connectivity index (χ0) is 31.3. The van der Waals surface area contributed by atoms with Crippen molar-refractivity contribution >= 4 is 33.0 Å². The van der Waals surface area contributed by atoms with Crippen LogP contribution in [0.2, 0.25) is 0 Å². The van der Waals surface area contributed by atoms with E-state index >= 15 is 4.39 Å². The number of para-hydroxylation sites is 2. The molecule has 0 aliphatic rings. The van der Waals surface area contributed by atoms with Crippen LogP contribution >= 0.6 is 0 Å². The minimum atomic E-state index is -0.294. The lowest BCUT2D eigenvalue weighted by Crippen LogP contribution is -2.04. The molecule has 4 heteroatoms. The van der Waals surface area contributed by atoms with Crippen molar-refractivity contribution in [3.8, 4) is 50.5 Å². The molecule has 9 aromatic rings. The third-order valence-electron chi connectivity index (χ3n) is 8.86. The first-order chi connectivity index (χ1) is 23.2. The molecule has 9 rings (SSSR count). The van der Waals surface area contributed by atoms with E-state index in [-0.39, 0.29) is 5.82 Å². The van der Waals surface area contributed by atoms with E-state index in [1.54, 1.807) is 12.1 Å². The molecule has 0 saturated heterocycles. The number of imidazole rings is 1. The van der Waals surface area contributed by atoms with Gasteiger partial charge < -0.3 is 4.42 Å². The summed E-state index contributed by atoms with van der Waals surface area (Å²) in [5.41, 5.74) is 11.0. The summed E-state index contributed by atoms with van der Waals surface area (Å²) in [4.78, 5) is 5.23. The number of hydrogen-bond donors (Lipinski definition) is 0. The van der Waals surface area contributed by atoms with Gasteiger partial charge in [0.1, 0.15) is 22.8 Å². The van der Waals surface area contributed by atoms with Gasteiger partial charge in [0.25, 0.3) is 0 Å². The molecular formula is C43H27FN2O. The fourth-order valence-corrected chi connectivity index (χ4v) is 6.69. The summed E-state index contributed by atoms with van der Waals surface area (Å²) in [5, 5.41) is 2.06. The predicted octanol–water partition coefficient (Wildman–Crippen LogP) is 11.7. The molecule has 2 heterocycles. The average Bonchev–Trinajstić information content (AvgIpc) is 3.70. The number of rotatable bonds is 5. The van der Waals surface area contributed by atoms with Gasteiger partial charge in [-0.25, -0.2) is 9.37 Å². The summed E-state index contributed by atoms with van der Waals surface area (Å²) in [6.07, 6.45) is 0. The Labute approximate surface area is 270 Å². The van der Waals surface area contributed by atoms with Crippen molar-refractivity contribution in [3.63, 3.8) is 0 Å². The molecule has 0 bridgehead atoms. The average molecular weight is 607 g/mol. The minimum absolute atomic E-state index is 0.294. The Morgan fingerprint density at radius 2 is 0.979 bits per heavy atom. The molecule has 0 aliphatic carbocycles. The molecule has 0 aliphatic heterocycles. The molecule has 0 unspecified atom stereocenters. The van der Waals surface area contributed by atoms with Crippen molar-refractivity contribution in [2.75, 3.05) is 0 Å². The lowest BCUT2D eigenvalue weighted by atomic mass is 9.95. The number of furan rings is 1. The zero-order valence-electron chi connectivity index (χ0n) is 25.3. The van der Waals surface area contributed by atoms with Crippen molar-refractivity contribution in [2.45, 2.75) is 0 Å². The normalized spacial score (nSPS) is 11.5. The first-order valence-electron chi connectivity index (χ1n) is 15.7. The van der Waals surface area contributed by atoms with Crippen LogP contribution < -0.4 is 0 Å². The van der Waals surface area contributed by atoms with E-state index < -0.39 is 0 Å². The van der Waals surface area contributed by atoms with Crippen LogP contribution in [0, 0.1) is 5.82 Å². The number of nitrogens with zero attached hydrogens (tertiary/aromatic N) is 2. The second kappa shape index (κ2) is 11.0. The maximum absolute atomic E-state index is 15.6. The molecule has 222 valence electrons. The van der Waals surface area contributed by atoms with Gasteiger partial charge in [-0.15, -0.1) is 0 Å². The predicted molar refractivity (Wildman–Crippen MR) is 190 cm³/mol. The van der Waals surface area contributed by atoms with Crippen LogP contribution in [-0.4, -0.2) is 9.55 Å². The Bertz CT molecular complexity index is 2510. The van der Waals surface area contributed by atoms with Crippen molar-refractivity contribution in [3.05, 3.63) is 170 Å². The van der Waals surface area contributed by atoms with Crippen LogP contribution in [-0.2, 0) is 0 Å². The summed E-state index contributed by atoms with van der Waals surface area (Å²) < 4.78 is 24.1. The maximum atomic E-state index is 15.6. The highest BCUT2D eigenvalue weighted by Crippen LogP contribution is 2.42. The van der Waals surface area contributed by atoms with Gasteiger partial charge in [0.05, 0.1) is 16.7 Å². The molecule has 0 atom stereocenters. The standard InChI is InChI=1S/C43H27FN2O/c44-33-26-34(29-14-6-2-7-15-29)42(35(27-33)30-16-8-3-9-17-30)46-39-19-11-10-18-38(39)45-43(46)32-21-23-41-37(25-32)36-24-31(20-22-40(36)47-41)28-12-4-1-5-13-28/h1-27H. The molecule has 0 saturated carbocycles. The van der Waals surface area contributed by atoms with E-state index in [2.05, 4.69) is 59.2 Å². The van der Waals surface area contributed by atoms with Gasteiger partial charge in [0, 0.05) is 27.5 Å². The molecule has 0 fully saturated rings. The van der Waals surface area contributed by atoms with Crippen LogP contribution in [0.15, 0.2) is 168 Å². The Morgan fingerprint density at radius 1 is 0.468 bits per heavy atom. The van der Waals surface area contributed by atoms with Crippen LogP contribution in [0.3, 0.4) is 0 Å². The minimum Gasteiger partial charge on any atom is -0.456 e. The van der Waals surface area contributed by atoms with Gasteiger partial charge in [0.15, 0.2) is 0 Å². The summed E-state index contributed by atoms with van der Waals surface area (Å²) in [5.74, 6) is 0.473. The van der Waals surface area contributed by atoms with Crippen LogP contribution in [0.5, 0.6) is 0 Å². The topological polar surface area (TPSA) is 31.0 Å². The number of aromatic nitrogens is 2. The van der Waals surface area contributed by atoms with Gasteiger partial charge >= 0.3 is 0 Å². The molecule has 2 aromatic heterocycles. The molecule has 0 N–H and O–H groups in total. The van der Waals surface area contributed by atoms with E-state index in [4.69, 9.17) is 9.40 Å². The Balaban J connectivity index is 1.34. The molecular weight excluding hydrogens is 579 g/mol. The van der Waals surface area contributed by atoms with E-state index in [9.17, 15) is 0 Å². The van der Waals surface area contributed by atoms with Gasteiger partial charge in [-0.1, -0.05) is 109 Å². The fraction of sp³-hybridized carbons (Fsp3) is 0. The number of hydrogen-bond acceptors (Lipinski definition) is 2. The maximum Gasteiger partial charge on any atom is 0.145 e. The highest BCUT2D eigenvalue weighted by molar-refractivity contribution is 6.08. The number of halogens is 1. The van der Waals surface area contributed by atoms with Crippen molar-refractivity contribution in [1.82, 2.24) is 9.55 Å². The number of fused-ring (bicyclic) bond motifs is 4. The number of benzene rings is 7. The smallest absolute Gasteiger partial charge is 0.145 e.